The number of carbonyl (C=O) groups is 2. The van der Waals surface area contributed by atoms with Crippen LogP contribution in [0.2, 0.25) is 0 Å². The minimum atomic E-state index is -0.473. The Labute approximate surface area is 157 Å². The van der Waals surface area contributed by atoms with Gasteiger partial charge >= 0.3 is 0 Å². The largest absolute Gasteiger partial charge is 0.488 e. The summed E-state index contributed by atoms with van der Waals surface area (Å²) in [6.07, 6.45) is 2.39. The Morgan fingerprint density at radius 1 is 1.15 bits per heavy atom. The number of hydrogen-bond acceptors (Lipinski definition) is 4. The van der Waals surface area contributed by atoms with E-state index in [0.29, 0.717) is 17.8 Å². The predicted octanol–water partition coefficient (Wildman–Crippen LogP) is 3.00. The number of aryl methyl sites for hydroxylation is 1. The monoisotopic (exact) mass is 370 g/mol. The van der Waals surface area contributed by atoms with Crippen molar-refractivity contribution in [3.05, 3.63) is 52.2 Å². The first kappa shape index (κ1) is 17.1. The summed E-state index contributed by atoms with van der Waals surface area (Å²) in [4.78, 5) is 29.1. The SMILES string of the molecule is Cc1ccc(C(=O)N2C[C@@H](Oc3ccccc3)C[C@H]2C(=O)NC2CC2)s1. The lowest BCUT2D eigenvalue weighted by Gasteiger charge is -2.23. The molecule has 0 spiro atoms. The zero-order valence-electron chi connectivity index (χ0n) is 14.7. The average Bonchev–Trinajstić information content (AvgIpc) is 3.17. The first-order valence-corrected chi connectivity index (χ1v) is 9.81. The quantitative estimate of drug-likeness (QED) is 0.880. The van der Waals surface area contributed by atoms with E-state index in [4.69, 9.17) is 4.74 Å². The number of likely N-dealkylation sites (tertiary alicyclic amines) is 1. The molecule has 26 heavy (non-hydrogen) atoms. The molecule has 2 fully saturated rings. The molecule has 0 radical (unpaired) electrons. The van der Waals surface area contributed by atoms with Crippen molar-refractivity contribution in [2.75, 3.05) is 6.54 Å². The fraction of sp³-hybridized carbons (Fsp3) is 0.400. The molecule has 4 rings (SSSR count). The number of rotatable bonds is 5. The van der Waals surface area contributed by atoms with Gasteiger partial charge in [-0.05, 0) is 44.0 Å². The third kappa shape index (κ3) is 3.75. The van der Waals surface area contributed by atoms with Crippen LogP contribution in [0.25, 0.3) is 0 Å². The van der Waals surface area contributed by atoms with Crippen LogP contribution in [0.3, 0.4) is 0 Å². The van der Waals surface area contributed by atoms with Gasteiger partial charge in [0.15, 0.2) is 0 Å². The third-order valence-corrected chi connectivity index (χ3v) is 5.74. The van der Waals surface area contributed by atoms with Crippen LogP contribution < -0.4 is 10.1 Å². The van der Waals surface area contributed by atoms with Crippen LogP contribution in [0.15, 0.2) is 42.5 Å². The first-order valence-electron chi connectivity index (χ1n) is 8.99. The summed E-state index contributed by atoms with van der Waals surface area (Å²) < 4.78 is 6.03. The van der Waals surface area contributed by atoms with Gasteiger partial charge in [0.2, 0.25) is 5.91 Å². The molecule has 0 unspecified atom stereocenters. The molecule has 6 heteroatoms. The highest BCUT2D eigenvalue weighted by Gasteiger charge is 2.42. The van der Waals surface area contributed by atoms with E-state index in [2.05, 4.69) is 5.32 Å². The van der Waals surface area contributed by atoms with Crippen molar-refractivity contribution in [1.29, 1.82) is 0 Å². The number of benzene rings is 1. The average molecular weight is 370 g/mol. The molecule has 1 aliphatic heterocycles. The second-order valence-electron chi connectivity index (χ2n) is 6.96. The number of hydrogen-bond donors (Lipinski definition) is 1. The van der Waals surface area contributed by atoms with E-state index in [1.807, 2.05) is 49.4 Å². The Bertz CT molecular complexity index is 800. The minimum absolute atomic E-state index is 0.0618. The van der Waals surface area contributed by atoms with E-state index in [1.54, 1.807) is 4.90 Å². The number of carbonyl (C=O) groups excluding carboxylic acids is 2. The second-order valence-corrected chi connectivity index (χ2v) is 8.24. The molecule has 1 saturated heterocycles. The molecule has 2 amide bonds. The maximum absolute atomic E-state index is 13.0. The van der Waals surface area contributed by atoms with Crippen molar-refractivity contribution < 1.29 is 14.3 Å². The normalized spacial score (nSPS) is 22.3. The standard InChI is InChI=1S/C20H22N2O3S/c1-13-7-10-18(26-13)20(24)22-12-16(25-15-5-3-2-4-6-15)11-17(22)19(23)21-14-8-9-14/h2-7,10,14,16-17H,8-9,11-12H2,1H3,(H,21,23)/t16-,17-/m0/s1. The fourth-order valence-corrected chi connectivity index (χ4v) is 4.09. The number of nitrogens with zero attached hydrogens (tertiary/aromatic N) is 1. The minimum Gasteiger partial charge on any atom is -0.488 e. The fourth-order valence-electron chi connectivity index (χ4n) is 3.26. The van der Waals surface area contributed by atoms with Crippen molar-refractivity contribution in [2.24, 2.45) is 0 Å². The van der Waals surface area contributed by atoms with E-state index in [-0.39, 0.29) is 24.0 Å². The van der Waals surface area contributed by atoms with Gasteiger partial charge in [-0.3, -0.25) is 9.59 Å². The summed E-state index contributed by atoms with van der Waals surface area (Å²) in [5.74, 6) is 0.617. The summed E-state index contributed by atoms with van der Waals surface area (Å²) in [6.45, 7) is 2.40. The van der Waals surface area contributed by atoms with Gasteiger partial charge in [-0.15, -0.1) is 11.3 Å². The molecule has 5 nitrogen and oxygen atoms in total. The molecule has 0 bridgehead atoms. The van der Waals surface area contributed by atoms with Crippen LogP contribution in [-0.4, -0.2) is 41.4 Å². The van der Waals surface area contributed by atoms with E-state index < -0.39 is 6.04 Å². The van der Waals surface area contributed by atoms with Crippen molar-refractivity contribution in [3.63, 3.8) is 0 Å². The number of amides is 2. The molecule has 1 aromatic carbocycles. The van der Waals surface area contributed by atoms with Gasteiger partial charge in [0.05, 0.1) is 11.4 Å². The molecule has 1 aliphatic carbocycles. The van der Waals surface area contributed by atoms with Crippen LogP contribution in [0.1, 0.15) is 33.8 Å². The molecule has 2 heterocycles. The lowest BCUT2D eigenvalue weighted by atomic mass is 10.1. The summed E-state index contributed by atoms with van der Waals surface area (Å²) >= 11 is 1.46. The first-order chi connectivity index (χ1) is 12.6. The van der Waals surface area contributed by atoms with Crippen LogP contribution in [0.4, 0.5) is 0 Å². The number of thiophene rings is 1. The zero-order chi connectivity index (χ0) is 18.1. The van der Waals surface area contributed by atoms with Gasteiger partial charge in [-0.1, -0.05) is 18.2 Å². The van der Waals surface area contributed by atoms with Crippen LogP contribution in [0, 0.1) is 6.92 Å². The molecule has 2 aliphatic rings. The Kier molecular flexibility index (Phi) is 4.68. The highest BCUT2D eigenvalue weighted by molar-refractivity contribution is 7.13. The van der Waals surface area contributed by atoms with Crippen molar-refractivity contribution in [1.82, 2.24) is 10.2 Å². The maximum atomic E-state index is 13.0. The van der Waals surface area contributed by atoms with E-state index in [1.165, 1.54) is 11.3 Å². The van der Waals surface area contributed by atoms with Crippen LogP contribution in [-0.2, 0) is 4.79 Å². The molecular weight excluding hydrogens is 348 g/mol. The van der Waals surface area contributed by atoms with Crippen LogP contribution in [0.5, 0.6) is 5.75 Å². The second kappa shape index (κ2) is 7.11. The van der Waals surface area contributed by atoms with Gasteiger partial charge < -0.3 is 15.0 Å². The van der Waals surface area contributed by atoms with Gasteiger partial charge in [-0.2, -0.15) is 0 Å². The number of ether oxygens (including phenoxy) is 1. The molecule has 136 valence electrons. The van der Waals surface area contributed by atoms with Gasteiger partial charge in [0.25, 0.3) is 5.91 Å². The summed E-state index contributed by atoms with van der Waals surface area (Å²) in [5.41, 5.74) is 0. The lowest BCUT2D eigenvalue weighted by Crippen LogP contribution is -2.46. The van der Waals surface area contributed by atoms with Crippen molar-refractivity contribution >= 4 is 23.2 Å². The van der Waals surface area contributed by atoms with Crippen molar-refractivity contribution in [2.45, 2.75) is 44.4 Å². The van der Waals surface area contributed by atoms with E-state index in [9.17, 15) is 9.59 Å². The highest BCUT2D eigenvalue weighted by atomic mass is 32.1. The molecule has 2 atom stereocenters. The lowest BCUT2D eigenvalue weighted by molar-refractivity contribution is -0.125. The highest BCUT2D eigenvalue weighted by Crippen LogP contribution is 2.28. The Morgan fingerprint density at radius 3 is 2.58 bits per heavy atom. The summed E-state index contributed by atoms with van der Waals surface area (Å²) in [5, 5.41) is 3.04. The smallest absolute Gasteiger partial charge is 0.264 e. The molecule has 2 aromatic rings. The van der Waals surface area contributed by atoms with Crippen molar-refractivity contribution in [3.8, 4) is 5.75 Å². The molecule has 1 saturated carbocycles. The van der Waals surface area contributed by atoms with Gasteiger partial charge in [0.1, 0.15) is 17.9 Å². The molecule has 1 N–H and O–H groups in total. The van der Waals surface area contributed by atoms with Crippen LogP contribution >= 0.6 is 11.3 Å². The van der Waals surface area contributed by atoms with Gasteiger partial charge in [-0.25, -0.2) is 0 Å². The zero-order valence-corrected chi connectivity index (χ0v) is 15.5. The topological polar surface area (TPSA) is 58.6 Å². The Hall–Kier alpha value is -2.34. The summed E-state index contributed by atoms with van der Waals surface area (Å²) in [6, 6.07) is 13.1. The van der Waals surface area contributed by atoms with E-state index >= 15 is 0 Å². The number of nitrogens with one attached hydrogen (secondary N) is 1. The van der Waals surface area contributed by atoms with E-state index in [0.717, 1.165) is 23.5 Å². The van der Waals surface area contributed by atoms with Gasteiger partial charge in [0, 0.05) is 17.3 Å². The Morgan fingerprint density at radius 2 is 1.92 bits per heavy atom. The third-order valence-electron chi connectivity index (χ3n) is 4.75. The molecular formula is C20H22N2O3S. The number of para-hydroxylation sites is 1. The summed E-state index contributed by atoms with van der Waals surface area (Å²) in [7, 11) is 0. The predicted molar refractivity (Wildman–Crippen MR) is 101 cm³/mol. The Balaban J connectivity index is 1.52. The molecule has 1 aromatic heterocycles. The maximum Gasteiger partial charge on any atom is 0.264 e.